The molecule has 8 heteroatoms. The molecule has 0 aliphatic carbocycles. The fraction of sp³-hybridized carbons (Fsp3) is 0.421. The first-order chi connectivity index (χ1) is 13.0. The topological polar surface area (TPSA) is 88.5 Å². The highest BCUT2D eigenvalue weighted by atomic mass is 16.5. The number of hydrogen-bond donors (Lipinski definition) is 2. The molecule has 2 N–H and O–H groups in total. The smallest absolute Gasteiger partial charge is 0.257 e. The maximum atomic E-state index is 12.7. The Morgan fingerprint density at radius 3 is 2.59 bits per heavy atom. The summed E-state index contributed by atoms with van der Waals surface area (Å²) in [5, 5.41) is 10.2. The molecule has 144 valence electrons. The van der Waals surface area contributed by atoms with Crippen LogP contribution in [-0.2, 0) is 11.8 Å². The molecule has 1 saturated heterocycles. The summed E-state index contributed by atoms with van der Waals surface area (Å²) in [5.41, 5.74) is 0.600. The number of likely N-dealkylation sites (N-methyl/N-ethyl adjacent to an activating group) is 1. The number of aryl methyl sites for hydroxylation is 1. The van der Waals surface area contributed by atoms with Crippen molar-refractivity contribution < 1.29 is 14.3 Å². The Hall–Kier alpha value is -3.03. The third-order valence-electron chi connectivity index (χ3n) is 4.97. The molecule has 0 radical (unpaired) electrons. The molecular weight excluding hydrogens is 346 g/mol. The fourth-order valence-corrected chi connectivity index (χ4v) is 3.43. The van der Waals surface area contributed by atoms with Crippen molar-refractivity contribution in [3.63, 3.8) is 0 Å². The van der Waals surface area contributed by atoms with Gasteiger partial charge in [0, 0.05) is 45.1 Å². The molecule has 2 heterocycles. The van der Waals surface area contributed by atoms with E-state index >= 15 is 0 Å². The lowest BCUT2D eigenvalue weighted by molar-refractivity contribution is -0.126. The molecule has 1 aliphatic rings. The number of rotatable bonds is 5. The third kappa shape index (κ3) is 3.89. The maximum absolute atomic E-state index is 12.7. The molecule has 0 spiro atoms. The van der Waals surface area contributed by atoms with Crippen molar-refractivity contribution in [3.8, 4) is 5.75 Å². The number of carbonyl (C=O) groups excluding carboxylic acids is 2. The fourth-order valence-electron chi connectivity index (χ4n) is 3.43. The van der Waals surface area contributed by atoms with Gasteiger partial charge in [-0.2, -0.15) is 5.10 Å². The van der Waals surface area contributed by atoms with Crippen molar-refractivity contribution in [1.29, 1.82) is 0 Å². The number of benzene rings is 1. The van der Waals surface area contributed by atoms with Gasteiger partial charge < -0.3 is 20.3 Å². The van der Waals surface area contributed by atoms with Gasteiger partial charge in [-0.15, -0.1) is 0 Å². The normalized spacial score (nSPS) is 15.9. The van der Waals surface area contributed by atoms with Crippen LogP contribution in [0.5, 0.6) is 5.75 Å². The number of anilines is 1. The van der Waals surface area contributed by atoms with Gasteiger partial charge in [0.15, 0.2) is 0 Å². The van der Waals surface area contributed by atoms with Crippen molar-refractivity contribution in [1.82, 2.24) is 20.0 Å². The number of aromatic nitrogens is 2. The minimum Gasteiger partial charge on any atom is -0.497 e. The summed E-state index contributed by atoms with van der Waals surface area (Å²) in [7, 11) is 5.02. The minimum atomic E-state index is -0.771. The standard InChI is InChI=1S/C19H25N5O3/c1-20-18(26)19(22-15-5-4-6-16(11-15)27-3)7-9-24(10-8-19)17(25)14-12-21-23(2)13-14/h4-6,11-13,22H,7-10H2,1-3H3,(H,20,26). The molecule has 27 heavy (non-hydrogen) atoms. The summed E-state index contributed by atoms with van der Waals surface area (Å²) in [6, 6.07) is 7.49. The van der Waals surface area contributed by atoms with Gasteiger partial charge in [-0.05, 0) is 25.0 Å². The Kier molecular flexibility index (Phi) is 5.34. The van der Waals surface area contributed by atoms with E-state index in [0.29, 0.717) is 31.5 Å². The van der Waals surface area contributed by atoms with Crippen molar-refractivity contribution >= 4 is 17.5 Å². The van der Waals surface area contributed by atoms with Crippen LogP contribution in [0, 0.1) is 0 Å². The molecule has 0 bridgehead atoms. The highest BCUT2D eigenvalue weighted by Gasteiger charge is 2.42. The second kappa shape index (κ2) is 7.69. The van der Waals surface area contributed by atoms with Crippen LogP contribution in [0.3, 0.4) is 0 Å². The van der Waals surface area contributed by atoms with Gasteiger partial charge in [0.05, 0.1) is 18.9 Å². The third-order valence-corrected chi connectivity index (χ3v) is 4.97. The van der Waals surface area contributed by atoms with Gasteiger partial charge in [0.2, 0.25) is 5.91 Å². The Labute approximate surface area is 158 Å². The molecular formula is C19H25N5O3. The first kappa shape index (κ1) is 18.8. The average Bonchev–Trinajstić information content (AvgIpc) is 3.13. The van der Waals surface area contributed by atoms with E-state index in [9.17, 15) is 9.59 Å². The summed E-state index contributed by atoms with van der Waals surface area (Å²) in [6.45, 7) is 0.968. The molecule has 2 amide bonds. The SMILES string of the molecule is CNC(=O)C1(Nc2cccc(OC)c2)CCN(C(=O)c2cnn(C)c2)CC1. The quantitative estimate of drug-likeness (QED) is 0.826. The zero-order valence-electron chi connectivity index (χ0n) is 15.9. The van der Waals surface area contributed by atoms with E-state index < -0.39 is 5.54 Å². The van der Waals surface area contributed by atoms with Crippen LogP contribution in [0.15, 0.2) is 36.7 Å². The summed E-state index contributed by atoms with van der Waals surface area (Å²) >= 11 is 0. The number of likely N-dealkylation sites (tertiary alicyclic amines) is 1. The van der Waals surface area contributed by atoms with E-state index in [-0.39, 0.29) is 11.8 Å². The Morgan fingerprint density at radius 1 is 1.26 bits per heavy atom. The minimum absolute atomic E-state index is 0.0602. The molecule has 1 aliphatic heterocycles. The molecule has 3 rings (SSSR count). The first-order valence-electron chi connectivity index (χ1n) is 8.90. The second-order valence-electron chi connectivity index (χ2n) is 6.71. The van der Waals surface area contributed by atoms with Crippen LogP contribution in [-0.4, -0.2) is 59.3 Å². The monoisotopic (exact) mass is 371 g/mol. The zero-order chi connectivity index (χ0) is 19.4. The van der Waals surface area contributed by atoms with E-state index in [1.165, 1.54) is 0 Å². The molecule has 1 aromatic heterocycles. The van der Waals surface area contributed by atoms with E-state index in [1.807, 2.05) is 24.3 Å². The second-order valence-corrected chi connectivity index (χ2v) is 6.71. The predicted octanol–water partition coefficient (Wildman–Crippen LogP) is 1.26. The van der Waals surface area contributed by atoms with Crippen LogP contribution in [0.2, 0.25) is 0 Å². The molecule has 0 saturated carbocycles. The van der Waals surface area contributed by atoms with Gasteiger partial charge in [0.25, 0.3) is 5.91 Å². The lowest BCUT2D eigenvalue weighted by Gasteiger charge is -2.41. The zero-order valence-corrected chi connectivity index (χ0v) is 15.9. The number of nitrogens with one attached hydrogen (secondary N) is 2. The molecule has 0 unspecified atom stereocenters. The highest BCUT2D eigenvalue weighted by Crippen LogP contribution is 2.29. The summed E-state index contributed by atoms with van der Waals surface area (Å²) < 4.78 is 6.87. The van der Waals surface area contributed by atoms with Gasteiger partial charge in [-0.3, -0.25) is 14.3 Å². The van der Waals surface area contributed by atoms with Gasteiger partial charge in [-0.1, -0.05) is 6.07 Å². The van der Waals surface area contributed by atoms with Gasteiger partial charge >= 0.3 is 0 Å². The molecule has 0 atom stereocenters. The summed E-state index contributed by atoms with van der Waals surface area (Å²) in [6.07, 6.45) is 4.29. The van der Waals surface area contributed by atoms with E-state index in [0.717, 1.165) is 11.4 Å². The Balaban J connectivity index is 1.75. The maximum Gasteiger partial charge on any atom is 0.257 e. The van der Waals surface area contributed by atoms with Crippen LogP contribution in [0.25, 0.3) is 0 Å². The molecule has 8 nitrogen and oxygen atoms in total. The lowest BCUT2D eigenvalue weighted by atomic mass is 9.85. The van der Waals surface area contributed by atoms with Crippen LogP contribution >= 0.6 is 0 Å². The first-order valence-corrected chi connectivity index (χ1v) is 8.90. The van der Waals surface area contributed by atoms with Gasteiger partial charge in [-0.25, -0.2) is 0 Å². The van der Waals surface area contributed by atoms with Crippen molar-refractivity contribution in [2.75, 3.05) is 32.6 Å². The molecule has 1 aromatic carbocycles. The number of piperidine rings is 1. The van der Waals surface area contributed by atoms with E-state index in [1.54, 1.807) is 43.2 Å². The predicted molar refractivity (Wildman–Crippen MR) is 102 cm³/mol. The largest absolute Gasteiger partial charge is 0.497 e. The van der Waals surface area contributed by atoms with Crippen molar-refractivity contribution in [2.45, 2.75) is 18.4 Å². The number of amides is 2. The highest BCUT2D eigenvalue weighted by molar-refractivity contribution is 5.94. The van der Waals surface area contributed by atoms with E-state index in [4.69, 9.17) is 4.74 Å². The Bertz CT molecular complexity index is 824. The summed E-state index contributed by atoms with van der Waals surface area (Å²) in [5.74, 6) is 0.574. The number of hydrogen-bond acceptors (Lipinski definition) is 5. The number of nitrogens with zero attached hydrogens (tertiary/aromatic N) is 3. The van der Waals surface area contributed by atoms with Crippen LogP contribution < -0.4 is 15.4 Å². The average molecular weight is 371 g/mol. The summed E-state index contributed by atoms with van der Waals surface area (Å²) in [4.78, 5) is 27.1. The Morgan fingerprint density at radius 2 is 2.00 bits per heavy atom. The number of carbonyl (C=O) groups is 2. The van der Waals surface area contributed by atoms with Gasteiger partial charge in [0.1, 0.15) is 11.3 Å². The number of methoxy groups -OCH3 is 1. The lowest BCUT2D eigenvalue weighted by Crippen LogP contribution is -2.58. The number of ether oxygens (including phenoxy) is 1. The van der Waals surface area contributed by atoms with E-state index in [2.05, 4.69) is 15.7 Å². The van der Waals surface area contributed by atoms with Crippen molar-refractivity contribution in [2.24, 2.45) is 7.05 Å². The van der Waals surface area contributed by atoms with Crippen LogP contribution in [0.1, 0.15) is 23.2 Å². The van der Waals surface area contributed by atoms with Crippen molar-refractivity contribution in [3.05, 3.63) is 42.2 Å². The molecule has 2 aromatic rings. The molecule has 1 fully saturated rings. The van der Waals surface area contributed by atoms with Crippen LogP contribution in [0.4, 0.5) is 5.69 Å².